The van der Waals surface area contributed by atoms with Gasteiger partial charge in [0.25, 0.3) is 5.91 Å². The van der Waals surface area contributed by atoms with Gasteiger partial charge in [0.05, 0.1) is 5.52 Å². The highest BCUT2D eigenvalue weighted by atomic mass is 35.5. The molecule has 0 saturated carbocycles. The molecule has 0 aliphatic heterocycles. The maximum absolute atomic E-state index is 11.9. The predicted molar refractivity (Wildman–Crippen MR) is 68.4 cm³/mol. The van der Waals surface area contributed by atoms with E-state index in [2.05, 4.69) is 10.4 Å². The zero-order valence-corrected chi connectivity index (χ0v) is 10.5. The predicted octanol–water partition coefficient (Wildman–Crippen LogP) is 1.93. The average Bonchev–Trinajstić information content (AvgIpc) is 2.65. The van der Waals surface area contributed by atoms with E-state index in [9.17, 15) is 4.79 Å². The van der Waals surface area contributed by atoms with E-state index >= 15 is 0 Å². The van der Waals surface area contributed by atoms with Crippen molar-refractivity contribution in [3.8, 4) is 0 Å². The molecule has 1 aromatic carbocycles. The Morgan fingerprint density at radius 1 is 1.53 bits per heavy atom. The van der Waals surface area contributed by atoms with Crippen LogP contribution >= 0.6 is 11.6 Å². The molecule has 1 aromatic heterocycles. The summed E-state index contributed by atoms with van der Waals surface area (Å²) in [5.74, 6) is -0.186. The molecule has 0 spiro atoms. The summed E-state index contributed by atoms with van der Waals surface area (Å²) in [4.78, 5) is 11.9. The van der Waals surface area contributed by atoms with Crippen LogP contribution < -0.4 is 5.32 Å². The van der Waals surface area contributed by atoms with Crippen molar-refractivity contribution in [1.29, 1.82) is 0 Å². The van der Waals surface area contributed by atoms with Gasteiger partial charge in [0.2, 0.25) is 0 Å². The van der Waals surface area contributed by atoms with Crippen LogP contribution in [0.1, 0.15) is 17.4 Å². The molecule has 2 rings (SSSR count). The molecule has 1 atom stereocenters. The van der Waals surface area contributed by atoms with Crippen molar-refractivity contribution in [1.82, 2.24) is 15.1 Å². The van der Waals surface area contributed by atoms with Gasteiger partial charge in [0.1, 0.15) is 0 Å². The maximum atomic E-state index is 11.9. The van der Waals surface area contributed by atoms with Gasteiger partial charge in [-0.05, 0) is 13.0 Å². The van der Waals surface area contributed by atoms with Gasteiger partial charge in [-0.2, -0.15) is 5.10 Å². The molecule has 90 valence electrons. The number of benzene rings is 1. The van der Waals surface area contributed by atoms with Gasteiger partial charge < -0.3 is 5.32 Å². The second-order valence-electron chi connectivity index (χ2n) is 3.98. The largest absolute Gasteiger partial charge is 0.349 e. The van der Waals surface area contributed by atoms with Gasteiger partial charge >= 0.3 is 0 Å². The first-order valence-electron chi connectivity index (χ1n) is 5.43. The number of hydrogen-bond donors (Lipinski definition) is 1. The van der Waals surface area contributed by atoms with Crippen LogP contribution in [0.4, 0.5) is 0 Å². The van der Waals surface area contributed by atoms with Gasteiger partial charge in [-0.1, -0.05) is 18.2 Å². The Kier molecular flexibility index (Phi) is 3.33. The third-order valence-corrected chi connectivity index (χ3v) is 2.67. The van der Waals surface area contributed by atoms with Gasteiger partial charge in [0.15, 0.2) is 5.69 Å². The molecule has 1 heterocycles. The van der Waals surface area contributed by atoms with Crippen LogP contribution in [0.15, 0.2) is 24.3 Å². The van der Waals surface area contributed by atoms with E-state index in [1.165, 1.54) is 0 Å². The number of aromatic nitrogens is 2. The van der Waals surface area contributed by atoms with Gasteiger partial charge in [-0.25, -0.2) is 0 Å². The number of rotatable bonds is 3. The SMILES string of the molecule is CC(Cl)CNC(=O)c1nn(C)c2ccccc12. The van der Waals surface area contributed by atoms with Crippen molar-refractivity contribution in [2.45, 2.75) is 12.3 Å². The normalized spacial score (nSPS) is 12.6. The lowest BCUT2D eigenvalue weighted by Gasteiger charge is -2.04. The molecule has 2 aromatic rings. The van der Waals surface area contributed by atoms with Crippen molar-refractivity contribution in [2.75, 3.05) is 6.54 Å². The zero-order chi connectivity index (χ0) is 12.4. The highest BCUT2D eigenvalue weighted by Gasteiger charge is 2.15. The number of hydrogen-bond acceptors (Lipinski definition) is 2. The number of halogens is 1. The highest BCUT2D eigenvalue weighted by Crippen LogP contribution is 2.17. The topological polar surface area (TPSA) is 46.9 Å². The lowest BCUT2D eigenvalue weighted by atomic mass is 10.2. The number of carbonyl (C=O) groups is 1. The second kappa shape index (κ2) is 4.75. The Hall–Kier alpha value is -1.55. The lowest BCUT2D eigenvalue weighted by Crippen LogP contribution is -2.29. The minimum absolute atomic E-state index is 0.0890. The third-order valence-electron chi connectivity index (χ3n) is 2.52. The van der Waals surface area contributed by atoms with E-state index in [0.29, 0.717) is 12.2 Å². The minimum atomic E-state index is -0.186. The zero-order valence-electron chi connectivity index (χ0n) is 9.77. The summed E-state index contributed by atoms with van der Waals surface area (Å²) in [6.45, 7) is 2.27. The fourth-order valence-electron chi connectivity index (χ4n) is 1.70. The van der Waals surface area contributed by atoms with E-state index < -0.39 is 0 Å². The number of amides is 1. The quantitative estimate of drug-likeness (QED) is 0.848. The molecule has 0 fully saturated rings. The Balaban J connectivity index is 2.32. The number of aryl methyl sites for hydroxylation is 1. The van der Waals surface area contributed by atoms with Crippen molar-refractivity contribution < 1.29 is 4.79 Å². The van der Waals surface area contributed by atoms with E-state index in [0.717, 1.165) is 10.9 Å². The van der Waals surface area contributed by atoms with Crippen LogP contribution in [0.2, 0.25) is 0 Å². The number of alkyl halides is 1. The Bertz CT molecular complexity index is 548. The minimum Gasteiger partial charge on any atom is -0.349 e. The summed E-state index contributed by atoms with van der Waals surface area (Å²) >= 11 is 5.79. The molecule has 1 amide bonds. The van der Waals surface area contributed by atoms with E-state index in [1.807, 2.05) is 38.2 Å². The average molecular weight is 252 g/mol. The summed E-state index contributed by atoms with van der Waals surface area (Å²) in [5.41, 5.74) is 1.39. The molecule has 1 unspecified atom stereocenters. The van der Waals surface area contributed by atoms with Crippen molar-refractivity contribution in [2.24, 2.45) is 7.05 Å². The van der Waals surface area contributed by atoms with Crippen LogP contribution in [0, 0.1) is 0 Å². The molecular weight excluding hydrogens is 238 g/mol. The number of nitrogens with one attached hydrogen (secondary N) is 1. The summed E-state index contributed by atoms with van der Waals surface area (Å²) in [6, 6.07) is 7.64. The van der Waals surface area contributed by atoms with Crippen LogP contribution in [-0.4, -0.2) is 27.6 Å². The summed E-state index contributed by atoms with van der Waals surface area (Å²) in [5, 5.41) is 7.75. The first-order chi connectivity index (χ1) is 8.09. The van der Waals surface area contributed by atoms with Crippen molar-refractivity contribution in [3.05, 3.63) is 30.0 Å². The van der Waals surface area contributed by atoms with Crippen molar-refractivity contribution >= 4 is 28.4 Å². The van der Waals surface area contributed by atoms with Crippen LogP contribution in [0.3, 0.4) is 0 Å². The molecular formula is C12H14ClN3O. The molecule has 4 nitrogen and oxygen atoms in total. The monoisotopic (exact) mass is 251 g/mol. The number of para-hydroxylation sites is 1. The van der Waals surface area contributed by atoms with E-state index in [-0.39, 0.29) is 11.3 Å². The number of fused-ring (bicyclic) bond motifs is 1. The molecule has 0 aliphatic carbocycles. The fraction of sp³-hybridized carbons (Fsp3) is 0.333. The van der Waals surface area contributed by atoms with E-state index in [1.54, 1.807) is 4.68 Å². The summed E-state index contributed by atoms with van der Waals surface area (Å²) < 4.78 is 1.70. The Morgan fingerprint density at radius 2 is 2.24 bits per heavy atom. The van der Waals surface area contributed by atoms with E-state index in [4.69, 9.17) is 11.6 Å². The van der Waals surface area contributed by atoms with Gasteiger partial charge in [0, 0.05) is 24.4 Å². The van der Waals surface area contributed by atoms with Crippen LogP contribution in [-0.2, 0) is 7.05 Å². The van der Waals surface area contributed by atoms with Crippen LogP contribution in [0.25, 0.3) is 10.9 Å². The molecule has 1 N–H and O–H groups in total. The Morgan fingerprint density at radius 3 is 2.94 bits per heavy atom. The summed E-state index contributed by atoms with van der Waals surface area (Å²) in [6.07, 6.45) is 0. The molecule has 17 heavy (non-hydrogen) atoms. The molecule has 5 heteroatoms. The van der Waals surface area contributed by atoms with Gasteiger partial charge in [-0.15, -0.1) is 11.6 Å². The molecule has 0 bridgehead atoms. The van der Waals surface area contributed by atoms with Crippen molar-refractivity contribution in [3.63, 3.8) is 0 Å². The first-order valence-corrected chi connectivity index (χ1v) is 5.87. The molecule has 0 aliphatic rings. The number of nitrogens with zero attached hydrogens (tertiary/aromatic N) is 2. The standard InChI is InChI=1S/C12H14ClN3O/c1-8(13)7-14-12(17)11-9-5-3-4-6-10(9)16(2)15-11/h3-6,8H,7H2,1-2H3,(H,14,17). The number of carbonyl (C=O) groups excluding carboxylic acids is 1. The van der Waals surface area contributed by atoms with Crippen LogP contribution in [0.5, 0.6) is 0 Å². The molecule has 0 radical (unpaired) electrons. The lowest BCUT2D eigenvalue weighted by molar-refractivity contribution is 0.0950. The van der Waals surface area contributed by atoms with Gasteiger partial charge in [-0.3, -0.25) is 9.48 Å². The third kappa shape index (κ3) is 2.42. The second-order valence-corrected chi connectivity index (χ2v) is 4.73. The fourth-order valence-corrected chi connectivity index (χ4v) is 1.78. The molecule has 0 saturated heterocycles. The first kappa shape index (κ1) is 11.9. The highest BCUT2D eigenvalue weighted by molar-refractivity contribution is 6.20. The maximum Gasteiger partial charge on any atom is 0.272 e. The smallest absolute Gasteiger partial charge is 0.272 e. The Labute approximate surface area is 105 Å². The summed E-state index contributed by atoms with van der Waals surface area (Å²) in [7, 11) is 1.82.